The van der Waals surface area contributed by atoms with Gasteiger partial charge in [0.25, 0.3) is 5.91 Å². The van der Waals surface area contributed by atoms with Crippen LogP contribution >= 0.6 is 11.6 Å². The number of rotatable bonds is 4. The molecule has 0 fully saturated rings. The minimum absolute atomic E-state index is 0.0510. The first-order valence-corrected chi connectivity index (χ1v) is 7.58. The van der Waals surface area contributed by atoms with E-state index in [1.807, 2.05) is 24.3 Å². The number of nitrogens with one attached hydrogen (secondary N) is 2. The van der Waals surface area contributed by atoms with Crippen molar-refractivity contribution in [2.45, 2.75) is 19.1 Å². The molecule has 3 rings (SSSR count). The van der Waals surface area contributed by atoms with E-state index in [1.54, 1.807) is 24.3 Å². The highest BCUT2D eigenvalue weighted by Crippen LogP contribution is 2.29. The first-order chi connectivity index (χ1) is 11.1. The van der Waals surface area contributed by atoms with E-state index in [1.165, 1.54) is 0 Å². The van der Waals surface area contributed by atoms with Gasteiger partial charge in [-0.05, 0) is 23.8 Å². The third-order valence-corrected chi connectivity index (χ3v) is 3.88. The van der Waals surface area contributed by atoms with E-state index >= 15 is 0 Å². The van der Waals surface area contributed by atoms with Gasteiger partial charge in [0.1, 0.15) is 5.75 Å². The molecule has 6 heteroatoms. The van der Waals surface area contributed by atoms with Crippen LogP contribution in [0.4, 0.5) is 5.69 Å². The quantitative estimate of drug-likeness (QED) is 0.905. The number of hydrogen-bond donors (Lipinski definition) is 2. The zero-order chi connectivity index (χ0) is 16.2. The van der Waals surface area contributed by atoms with Crippen molar-refractivity contribution >= 4 is 29.1 Å². The van der Waals surface area contributed by atoms with Crippen LogP contribution in [0, 0.1) is 0 Å². The predicted molar refractivity (Wildman–Crippen MR) is 87.4 cm³/mol. The molecular formula is C17H15ClN2O3. The van der Waals surface area contributed by atoms with Crippen LogP contribution in [0.3, 0.4) is 0 Å². The van der Waals surface area contributed by atoms with Crippen LogP contribution in [0.5, 0.6) is 5.75 Å². The summed E-state index contributed by atoms with van der Waals surface area (Å²) in [5, 5.41) is 6.07. The molecule has 0 radical (unpaired) electrons. The highest BCUT2D eigenvalue weighted by molar-refractivity contribution is 6.31. The molecule has 0 saturated carbocycles. The summed E-state index contributed by atoms with van der Waals surface area (Å²) >= 11 is 6.04. The van der Waals surface area contributed by atoms with Crippen LogP contribution in [0.15, 0.2) is 48.5 Å². The lowest BCUT2D eigenvalue weighted by Gasteiger charge is -2.25. The molecule has 118 valence electrons. The Balaban J connectivity index is 1.58. The number of ether oxygens (including phenoxy) is 1. The normalized spacial score (nSPS) is 16.0. The number of halogens is 1. The van der Waals surface area contributed by atoms with Crippen LogP contribution in [0.25, 0.3) is 0 Å². The number of hydrogen-bond acceptors (Lipinski definition) is 3. The van der Waals surface area contributed by atoms with Crippen molar-refractivity contribution in [1.82, 2.24) is 5.32 Å². The predicted octanol–water partition coefficient (Wildman–Crippen LogP) is 2.75. The molecule has 2 N–H and O–H groups in total. The molecule has 0 aromatic heterocycles. The molecule has 1 aliphatic heterocycles. The third kappa shape index (κ3) is 3.63. The molecule has 2 aromatic carbocycles. The van der Waals surface area contributed by atoms with Gasteiger partial charge in [0.15, 0.2) is 6.10 Å². The van der Waals surface area contributed by atoms with Gasteiger partial charge in [0, 0.05) is 11.6 Å². The topological polar surface area (TPSA) is 67.4 Å². The van der Waals surface area contributed by atoms with E-state index < -0.39 is 6.10 Å². The molecule has 0 saturated heterocycles. The molecular weight excluding hydrogens is 316 g/mol. The van der Waals surface area contributed by atoms with E-state index in [0.717, 1.165) is 5.56 Å². The lowest BCUT2D eigenvalue weighted by molar-refractivity contribution is -0.130. The van der Waals surface area contributed by atoms with Crippen molar-refractivity contribution in [3.63, 3.8) is 0 Å². The molecule has 1 heterocycles. The Hall–Kier alpha value is -2.53. The zero-order valence-electron chi connectivity index (χ0n) is 12.2. The summed E-state index contributed by atoms with van der Waals surface area (Å²) < 4.78 is 5.59. The number of benzene rings is 2. The van der Waals surface area contributed by atoms with Gasteiger partial charge >= 0.3 is 0 Å². The van der Waals surface area contributed by atoms with E-state index in [4.69, 9.17) is 16.3 Å². The smallest absolute Gasteiger partial charge is 0.266 e. The lowest BCUT2D eigenvalue weighted by Crippen LogP contribution is -2.40. The number of anilines is 1. The largest absolute Gasteiger partial charge is 0.478 e. The lowest BCUT2D eigenvalue weighted by atomic mass is 10.1. The highest BCUT2D eigenvalue weighted by atomic mass is 35.5. The Morgan fingerprint density at radius 1 is 1.17 bits per heavy atom. The van der Waals surface area contributed by atoms with E-state index in [0.29, 0.717) is 23.0 Å². The van der Waals surface area contributed by atoms with Crippen molar-refractivity contribution in [3.8, 4) is 5.75 Å². The van der Waals surface area contributed by atoms with Crippen molar-refractivity contribution < 1.29 is 14.3 Å². The highest BCUT2D eigenvalue weighted by Gasteiger charge is 2.29. The number of carbonyl (C=O) groups excluding carboxylic acids is 2. The van der Waals surface area contributed by atoms with Gasteiger partial charge in [-0.25, -0.2) is 0 Å². The molecule has 5 nitrogen and oxygen atoms in total. The summed E-state index contributed by atoms with van der Waals surface area (Å²) in [7, 11) is 0. The maximum absolute atomic E-state index is 12.0. The molecule has 0 aliphatic carbocycles. The average molecular weight is 331 g/mol. The van der Waals surface area contributed by atoms with Crippen LogP contribution in [0.2, 0.25) is 5.02 Å². The summed E-state index contributed by atoms with van der Waals surface area (Å²) in [6.45, 7) is 0.309. The van der Waals surface area contributed by atoms with Crippen LogP contribution in [-0.4, -0.2) is 17.9 Å². The minimum Gasteiger partial charge on any atom is -0.478 e. The third-order valence-electron chi connectivity index (χ3n) is 3.51. The first-order valence-electron chi connectivity index (χ1n) is 7.20. The van der Waals surface area contributed by atoms with E-state index in [2.05, 4.69) is 10.6 Å². The van der Waals surface area contributed by atoms with E-state index in [-0.39, 0.29) is 18.2 Å². The summed E-state index contributed by atoms with van der Waals surface area (Å²) in [5.74, 6) is -0.0305. The minimum atomic E-state index is -0.837. The SMILES string of the molecule is O=C(CC1Oc2ccccc2NC1=O)NCc1ccccc1Cl. The molecule has 23 heavy (non-hydrogen) atoms. The van der Waals surface area contributed by atoms with Crippen LogP contribution in [-0.2, 0) is 16.1 Å². The van der Waals surface area contributed by atoms with E-state index in [9.17, 15) is 9.59 Å². The number of carbonyl (C=O) groups is 2. The second-order valence-electron chi connectivity index (χ2n) is 5.16. The fraction of sp³-hybridized carbons (Fsp3) is 0.176. The van der Waals surface area contributed by atoms with Crippen LogP contribution < -0.4 is 15.4 Å². The summed E-state index contributed by atoms with van der Waals surface area (Å²) in [6, 6.07) is 14.4. The monoisotopic (exact) mass is 330 g/mol. The number of fused-ring (bicyclic) bond motifs is 1. The molecule has 1 aliphatic rings. The maximum atomic E-state index is 12.0. The van der Waals surface area contributed by atoms with Crippen molar-refractivity contribution in [1.29, 1.82) is 0 Å². The fourth-order valence-corrected chi connectivity index (χ4v) is 2.51. The second-order valence-corrected chi connectivity index (χ2v) is 5.57. The molecule has 1 unspecified atom stereocenters. The van der Waals surface area contributed by atoms with Gasteiger partial charge in [-0.2, -0.15) is 0 Å². The summed E-state index contributed by atoms with van der Waals surface area (Å²) in [6.07, 6.45) is -0.888. The number of amides is 2. The number of para-hydroxylation sites is 2. The van der Waals surface area contributed by atoms with Gasteiger partial charge in [-0.15, -0.1) is 0 Å². The molecule has 0 bridgehead atoms. The molecule has 0 spiro atoms. The van der Waals surface area contributed by atoms with Crippen LogP contribution in [0.1, 0.15) is 12.0 Å². The van der Waals surface area contributed by atoms with Crippen molar-refractivity contribution in [2.24, 2.45) is 0 Å². The van der Waals surface area contributed by atoms with Gasteiger partial charge in [0.05, 0.1) is 12.1 Å². The molecule has 1 atom stereocenters. The van der Waals surface area contributed by atoms with Crippen molar-refractivity contribution in [2.75, 3.05) is 5.32 Å². The Morgan fingerprint density at radius 2 is 1.91 bits per heavy atom. The van der Waals surface area contributed by atoms with Gasteiger partial charge in [-0.1, -0.05) is 41.9 Å². The Kier molecular flexibility index (Phi) is 4.48. The first kappa shape index (κ1) is 15.4. The second kappa shape index (κ2) is 6.71. The Morgan fingerprint density at radius 3 is 2.74 bits per heavy atom. The van der Waals surface area contributed by atoms with Gasteiger partial charge < -0.3 is 15.4 Å². The molecule has 2 amide bonds. The van der Waals surface area contributed by atoms with Crippen molar-refractivity contribution in [3.05, 3.63) is 59.1 Å². The fourth-order valence-electron chi connectivity index (χ4n) is 2.30. The van der Waals surface area contributed by atoms with Gasteiger partial charge in [0.2, 0.25) is 5.91 Å². The summed E-state index contributed by atoms with van der Waals surface area (Å²) in [4.78, 5) is 24.0. The Labute approximate surface area is 138 Å². The zero-order valence-corrected chi connectivity index (χ0v) is 13.0. The standard InChI is InChI=1S/C17H15ClN2O3/c18-12-6-2-1-5-11(12)10-19-16(21)9-15-17(22)20-13-7-3-4-8-14(13)23-15/h1-8,15H,9-10H2,(H,19,21)(H,20,22). The average Bonchev–Trinajstić information content (AvgIpc) is 2.55. The molecule has 2 aromatic rings. The summed E-state index contributed by atoms with van der Waals surface area (Å²) in [5.41, 5.74) is 1.44. The Bertz CT molecular complexity index is 748. The van der Waals surface area contributed by atoms with Gasteiger partial charge in [-0.3, -0.25) is 9.59 Å². The maximum Gasteiger partial charge on any atom is 0.266 e.